The Labute approximate surface area is 184 Å². The summed E-state index contributed by atoms with van der Waals surface area (Å²) in [6.07, 6.45) is -0.0948. The molecule has 156 valence electrons. The van der Waals surface area contributed by atoms with Gasteiger partial charge in [0.1, 0.15) is 13.9 Å². The van der Waals surface area contributed by atoms with Gasteiger partial charge < -0.3 is 34.0 Å². The van der Waals surface area contributed by atoms with Gasteiger partial charge in [0.15, 0.2) is 0 Å². The number of hydrogen-bond acceptors (Lipinski definition) is 9. The van der Waals surface area contributed by atoms with Gasteiger partial charge in [0.2, 0.25) is 0 Å². The topological polar surface area (TPSA) is 126 Å². The van der Waals surface area contributed by atoms with Crippen molar-refractivity contribution in [2.75, 3.05) is 78.1 Å². The molecule has 0 bridgehead atoms. The standard InChI is InChI=1S/C14H34N4O6P2.Na/c1-3-23-25(19,20)13-17-9-5-15-7-11-18(12-8-16-6-10-17)14-26(21,22)24-4-2;/h15-16H,3-14H2,1-2H3,(H,19,20)(H,21,22);/q;+1/p-1. The molecule has 10 nitrogen and oxygen atoms in total. The van der Waals surface area contributed by atoms with Crippen LogP contribution in [0.5, 0.6) is 0 Å². The molecule has 2 unspecified atom stereocenters. The molecule has 1 aliphatic heterocycles. The van der Waals surface area contributed by atoms with E-state index >= 15 is 0 Å². The summed E-state index contributed by atoms with van der Waals surface area (Å²) in [6.45, 7) is 8.63. The minimum atomic E-state index is -3.84. The quantitative estimate of drug-likeness (QED) is 0.260. The molecule has 1 heterocycles. The second kappa shape index (κ2) is 15.0. The number of nitrogens with zero attached hydrogens (tertiary/aromatic N) is 2. The van der Waals surface area contributed by atoms with Gasteiger partial charge in [-0.25, -0.2) is 0 Å². The van der Waals surface area contributed by atoms with Crippen LogP contribution in [0.1, 0.15) is 13.8 Å². The van der Waals surface area contributed by atoms with E-state index in [-0.39, 0.29) is 55.3 Å². The molecule has 0 aromatic heterocycles. The summed E-state index contributed by atoms with van der Waals surface area (Å²) in [4.78, 5) is 25.4. The molecule has 1 aliphatic rings. The molecule has 27 heavy (non-hydrogen) atoms. The first-order valence-electron chi connectivity index (χ1n) is 9.05. The third-order valence-corrected chi connectivity index (χ3v) is 6.64. The molecule has 0 aliphatic carbocycles. The molecule has 1 rings (SSSR count). The first-order chi connectivity index (χ1) is 12.3. The fourth-order valence-corrected chi connectivity index (χ4v) is 5.20. The second-order valence-corrected chi connectivity index (χ2v) is 9.68. The Kier molecular flexibility index (Phi) is 15.7. The third kappa shape index (κ3) is 13.9. The van der Waals surface area contributed by atoms with Crippen LogP contribution in [-0.4, -0.2) is 92.8 Å². The van der Waals surface area contributed by atoms with E-state index < -0.39 is 15.2 Å². The van der Waals surface area contributed by atoms with Crippen LogP contribution in [0.25, 0.3) is 0 Å². The zero-order chi connectivity index (χ0) is 19.5. The molecule has 0 radical (unpaired) electrons. The third-order valence-electron chi connectivity index (χ3n) is 3.83. The van der Waals surface area contributed by atoms with Crippen molar-refractivity contribution in [3.05, 3.63) is 0 Å². The largest absolute Gasteiger partial charge is 1.00 e. The van der Waals surface area contributed by atoms with Gasteiger partial charge in [0.05, 0.1) is 19.5 Å². The Morgan fingerprint density at radius 1 is 0.889 bits per heavy atom. The molecule has 1 saturated heterocycles. The molecule has 1 fully saturated rings. The minimum Gasteiger partial charge on any atom is -0.778 e. The Morgan fingerprint density at radius 2 is 1.30 bits per heavy atom. The number of rotatable bonds is 8. The molecule has 13 heteroatoms. The smallest absolute Gasteiger partial charge is 0.778 e. The van der Waals surface area contributed by atoms with E-state index in [9.17, 15) is 18.9 Å². The van der Waals surface area contributed by atoms with Crippen LogP contribution in [0.15, 0.2) is 0 Å². The second-order valence-electron chi connectivity index (χ2n) is 6.10. The van der Waals surface area contributed by atoms with Crippen LogP contribution in [0.4, 0.5) is 0 Å². The van der Waals surface area contributed by atoms with Crippen LogP contribution < -0.4 is 45.1 Å². The Hall–Kier alpha value is 1.14. The van der Waals surface area contributed by atoms with Gasteiger partial charge in [-0.05, 0) is 13.8 Å². The Bertz CT molecular complexity index is 437. The zero-order valence-corrected chi connectivity index (χ0v) is 20.6. The van der Waals surface area contributed by atoms with E-state index in [0.29, 0.717) is 52.4 Å². The molecule has 0 aromatic rings. The maximum atomic E-state index is 12.0. The normalized spacial score (nSPS) is 23.3. The fourth-order valence-electron chi connectivity index (χ4n) is 2.68. The van der Waals surface area contributed by atoms with Crippen molar-refractivity contribution in [3.63, 3.8) is 0 Å². The van der Waals surface area contributed by atoms with E-state index in [1.807, 2.05) is 9.80 Å². The summed E-state index contributed by atoms with van der Waals surface area (Å²) in [5.74, 6) is 0. The summed E-state index contributed by atoms with van der Waals surface area (Å²) in [5.41, 5.74) is 0. The fraction of sp³-hybridized carbons (Fsp3) is 1.00. The maximum Gasteiger partial charge on any atom is 1.00 e. The van der Waals surface area contributed by atoms with E-state index in [1.165, 1.54) is 0 Å². The molecular formula is C14H33N4NaO6P2. The summed E-state index contributed by atoms with van der Waals surface area (Å²) in [5, 5.41) is 6.50. The van der Waals surface area contributed by atoms with Crippen molar-refractivity contribution in [2.24, 2.45) is 0 Å². The van der Waals surface area contributed by atoms with Gasteiger partial charge >= 0.3 is 37.2 Å². The van der Waals surface area contributed by atoms with Crippen LogP contribution in [0.3, 0.4) is 0 Å². The summed E-state index contributed by atoms with van der Waals surface area (Å²) < 4.78 is 33.6. The van der Waals surface area contributed by atoms with Gasteiger partial charge in [-0.2, -0.15) is 0 Å². The van der Waals surface area contributed by atoms with E-state index in [1.54, 1.807) is 13.8 Å². The van der Waals surface area contributed by atoms with Crippen LogP contribution >= 0.6 is 15.2 Å². The van der Waals surface area contributed by atoms with Gasteiger partial charge in [0.25, 0.3) is 0 Å². The summed E-state index contributed by atoms with van der Waals surface area (Å²) in [7, 11) is -7.44. The minimum absolute atomic E-state index is 0. The SMILES string of the molecule is CCOP(=O)([O-])CN1CCNCCN(CP(=O)(O)OCC)CCNCC1.[Na+]. The molecule has 0 saturated carbocycles. The molecule has 0 spiro atoms. The summed E-state index contributed by atoms with van der Waals surface area (Å²) >= 11 is 0. The van der Waals surface area contributed by atoms with Gasteiger partial charge in [-0.1, -0.05) is 0 Å². The van der Waals surface area contributed by atoms with Crippen molar-refractivity contribution >= 4 is 15.2 Å². The van der Waals surface area contributed by atoms with Crippen molar-refractivity contribution in [2.45, 2.75) is 13.8 Å². The van der Waals surface area contributed by atoms with Crippen LogP contribution in [-0.2, 0) is 18.2 Å². The van der Waals surface area contributed by atoms with Gasteiger partial charge in [-0.3, -0.25) is 14.4 Å². The predicted octanol–water partition coefficient (Wildman–Crippen LogP) is -3.49. The van der Waals surface area contributed by atoms with E-state index in [2.05, 4.69) is 10.6 Å². The average Bonchev–Trinajstić information content (AvgIpc) is 2.51. The van der Waals surface area contributed by atoms with Gasteiger partial charge in [0, 0.05) is 52.4 Å². The monoisotopic (exact) mass is 438 g/mol. The Balaban J connectivity index is 0.00000676. The predicted molar refractivity (Wildman–Crippen MR) is 99.3 cm³/mol. The Morgan fingerprint density at radius 3 is 1.70 bits per heavy atom. The molecule has 0 amide bonds. The number of nitrogens with one attached hydrogen (secondary N) is 2. The molecule has 2 atom stereocenters. The summed E-state index contributed by atoms with van der Waals surface area (Å²) in [6, 6.07) is 0. The van der Waals surface area contributed by atoms with E-state index in [4.69, 9.17) is 9.05 Å². The first-order valence-corrected chi connectivity index (χ1v) is 12.5. The van der Waals surface area contributed by atoms with Crippen molar-refractivity contribution in [1.82, 2.24) is 20.4 Å². The first kappa shape index (κ1) is 28.1. The van der Waals surface area contributed by atoms with Crippen LogP contribution in [0.2, 0.25) is 0 Å². The molecule has 3 N–H and O–H groups in total. The maximum absolute atomic E-state index is 12.0. The molecule has 0 aromatic carbocycles. The van der Waals surface area contributed by atoms with Gasteiger partial charge in [-0.15, -0.1) is 0 Å². The van der Waals surface area contributed by atoms with E-state index in [0.717, 1.165) is 0 Å². The van der Waals surface area contributed by atoms with Crippen molar-refractivity contribution in [3.8, 4) is 0 Å². The zero-order valence-electron chi connectivity index (χ0n) is 16.8. The van der Waals surface area contributed by atoms with Crippen LogP contribution in [0, 0.1) is 0 Å². The molecular weight excluding hydrogens is 405 g/mol. The van der Waals surface area contributed by atoms with Crippen molar-refractivity contribution < 1.29 is 57.5 Å². The average molecular weight is 438 g/mol. The van der Waals surface area contributed by atoms with Crippen molar-refractivity contribution in [1.29, 1.82) is 0 Å². The number of hydrogen-bond donors (Lipinski definition) is 3.